The van der Waals surface area contributed by atoms with Gasteiger partial charge in [0, 0.05) is 23.8 Å². The molecule has 1 amide bonds. The molecule has 1 heterocycles. The summed E-state index contributed by atoms with van der Waals surface area (Å²) in [4.78, 5) is 20.7. The van der Waals surface area contributed by atoms with E-state index in [-0.39, 0.29) is 11.9 Å². The van der Waals surface area contributed by atoms with Gasteiger partial charge in [0.25, 0.3) is 5.91 Å². The number of nitrogens with zero attached hydrogens (tertiary/aromatic N) is 2. The lowest BCUT2D eigenvalue weighted by atomic mass is 10.1. The monoisotopic (exact) mass is 344 g/mol. The zero-order valence-corrected chi connectivity index (χ0v) is 14.2. The zero-order chi connectivity index (χ0) is 16.8. The van der Waals surface area contributed by atoms with Gasteiger partial charge in [-0.05, 0) is 43.0 Å². The molecule has 24 heavy (non-hydrogen) atoms. The minimum atomic E-state index is -0.120. The van der Waals surface area contributed by atoms with E-state index in [0.29, 0.717) is 18.2 Å². The first-order chi connectivity index (χ1) is 11.7. The Labute approximate surface area is 146 Å². The smallest absolute Gasteiger partial charge is 0.270 e. The van der Waals surface area contributed by atoms with Gasteiger partial charge in [-0.1, -0.05) is 36.6 Å². The molecule has 0 spiro atoms. The normalized spacial score (nSPS) is 14.5. The first-order valence-corrected chi connectivity index (χ1v) is 8.71. The molecule has 5 nitrogen and oxygen atoms in total. The third-order valence-corrected chi connectivity index (χ3v) is 4.44. The van der Waals surface area contributed by atoms with E-state index in [0.717, 1.165) is 24.3 Å². The Morgan fingerprint density at radius 2 is 1.92 bits per heavy atom. The largest absolute Gasteiger partial charge is 0.354 e. The van der Waals surface area contributed by atoms with Crippen molar-refractivity contribution < 1.29 is 4.79 Å². The van der Waals surface area contributed by atoms with Crippen molar-refractivity contribution in [2.75, 3.05) is 11.9 Å². The molecule has 6 heteroatoms. The van der Waals surface area contributed by atoms with Crippen LogP contribution in [0.15, 0.2) is 36.5 Å². The van der Waals surface area contributed by atoms with Gasteiger partial charge in [-0.3, -0.25) is 4.79 Å². The van der Waals surface area contributed by atoms with Gasteiger partial charge in [0.2, 0.25) is 5.95 Å². The molecule has 0 bridgehead atoms. The summed E-state index contributed by atoms with van der Waals surface area (Å²) >= 11 is 5.88. The van der Waals surface area contributed by atoms with E-state index in [9.17, 15) is 4.79 Å². The number of aromatic nitrogens is 2. The molecule has 0 aliphatic heterocycles. The average Bonchev–Trinajstić information content (AvgIpc) is 3.10. The van der Waals surface area contributed by atoms with Gasteiger partial charge in [-0.25, -0.2) is 9.97 Å². The molecule has 126 valence electrons. The Bertz CT molecular complexity index is 684. The number of carbonyl (C=O) groups excluding carboxylic acids is 1. The van der Waals surface area contributed by atoms with E-state index < -0.39 is 0 Å². The number of hydrogen-bond acceptors (Lipinski definition) is 4. The minimum absolute atomic E-state index is 0.120. The topological polar surface area (TPSA) is 66.9 Å². The van der Waals surface area contributed by atoms with Crippen LogP contribution >= 0.6 is 11.6 Å². The molecule has 2 N–H and O–H groups in total. The van der Waals surface area contributed by atoms with Crippen LogP contribution in [0.2, 0.25) is 5.02 Å². The molecule has 1 aliphatic carbocycles. The molecule has 0 unspecified atom stereocenters. The first kappa shape index (κ1) is 16.7. The van der Waals surface area contributed by atoms with Crippen LogP contribution in [0.1, 0.15) is 41.7 Å². The van der Waals surface area contributed by atoms with E-state index in [1.165, 1.54) is 18.4 Å². The Balaban J connectivity index is 1.52. The maximum atomic E-state index is 12.2. The van der Waals surface area contributed by atoms with Crippen molar-refractivity contribution in [1.29, 1.82) is 0 Å². The molecular formula is C18H21ClN4O. The summed E-state index contributed by atoms with van der Waals surface area (Å²) in [6.45, 7) is 0.690. The molecule has 0 atom stereocenters. The number of anilines is 1. The second kappa shape index (κ2) is 8.11. The highest BCUT2D eigenvalue weighted by Crippen LogP contribution is 2.18. The molecule has 3 rings (SSSR count). The second-order valence-electron chi connectivity index (χ2n) is 6.02. The standard InChI is InChI=1S/C18H21ClN4O/c19-14-7-5-13(6-8-14)9-11-20-18-21-12-10-16(23-18)17(24)22-15-3-1-2-4-15/h5-8,10,12,15H,1-4,9,11H2,(H,22,24)(H,20,21,23). The van der Waals surface area contributed by atoms with Gasteiger partial charge in [0.15, 0.2) is 0 Å². The number of benzene rings is 1. The van der Waals surface area contributed by atoms with Crippen molar-refractivity contribution in [1.82, 2.24) is 15.3 Å². The highest BCUT2D eigenvalue weighted by atomic mass is 35.5. The molecule has 1 saturated carbocycles. The van der Waals surface area contributed by atoms with Gasteiger partial charge < -0.3 is 10.6 Å². The van der Waals surface area contributed by atoms with Crippen LogP contribution in [-0.2, 0) is 6.42 Å². The summed E-state index contributed by atoms with van der Waals surface area (Å²) in [6.07, 6.45) is 6.94. The minimum Gasteiger partial charge on any atom is -0.354 e. The van der Waals surface area contributed by atoms with Crippen LogP contribution in [-0.4, -0.2) is 28.5 Å². The molecule has 0 saturated heterocycles. The summed E-state index contributed by atoms with van der Waals surface area (Å²) in [5, 5.41) is 6.93. The maximum Gasteiger partial charge on any atom is 0.270 e. The highest BCUT2D eigenvalue weighted by Gasteiger charge is 2.18. The lowest BCUT2D eigenvalue weighted by Gasteiger charge is -2.12. The van der Waals surface area contributed by atoms with Crippen molar-refractivity contribution in [3.8, 4) is 0 Å². The highest BCUT2D eigenvalue weighted by molar-refractivity contribution is 6.30. The lowest BCUT2D eigenvalue weighted by molar-refractivity contribution is 0.0933. The average molecular weight is 345 g/mol. The van der Waals surface area contributed by atoms with Crippen LogP contribution < -0.4 is 10.6 Å². The third-order valence-electron chi connectivity index (χ3n) is 4.19. The van der Waals surface area contributed by atoms with Gasteiger partial charge in [-0.15, -0.1) is 0 Å². The number of nitrogens with one attached hydrogen (secondary N) is 2. The SMILES string of the molecule is O=C(NC1CCCC1)c1ccnc(NCCc2ccc(Cl)cc2)n1. The Hall–Kier alpha value is -2.14. The fourth-order valence-electron chi connectivity index (χ4n) is 2.87. The molecule has 0 radical (unpaired) electrons. The summed E-state index contributed by atoms with van der Waals surface area (Å²) in [6, 6.07) is 9.68. The Kier molecular flexibility index (Phi) is 5.64. The van der Waals surface area contributed by atoms with E-state index in [1.54, 1.807) is 12.3 Å². The van der Waals surface area contributed by atoms with Crippen molar-refractivity contribution in [2.24, 2.45) is 0 Å². The lowest BCUT2D eigenvalue weighted by Crippen LogP contribution is -2.33. The molecule has 1 aromatic carbocycles. The fourth-order valence-corrected chi connectivity index (χ4v) is 3.00. The number of halogens is 1. The van der Waals surface area contributed by atoms with Gasteiger partial charge in [-0.2, -0.15) is 0 Å². The van der Waals surface area contributed by atoms with Gasteiger partial charge >= 0.3 is 0 Å². The molecule has 2 aromatic rings. The van der Waals surface area contributed by atoms with E-state index in [4.69, 9.17) is 11.6 Å². The quantitative estimate of drug-likeness (QED) is 0.842. The first-order valence-electron chi connectivity index (χ1n) is 8.33. The third kappa shape index (κ3) is 4.68. The van der Waals surface area contributed by atoms with Crippen LogP contribution in [0, 0.1) is 0 Å². The van der Waals surface area contributed by atoms with Crippen LogP contribution in [0.25, 0.3) is 0 Å². The van der Waals surface area contributed by atoms with Crippen LogP contribution in [0.4, 0.5) is 5.95 Å². The summed E-state index contributed by atoms with van der Waals surface area (Å²) < 4.78 is 0. The van der Waals surface area contributed by atoms with Crippen molar-refractivity contribution >= 4 is 23.5 Å². The van der Waals surface area contributed by atoms with Crippen molar-refractivity contribution in [3.63, 3.8) is 0 Å². The molecular weight excluding hydrogens is 324 g/mol. The van der Waals surface area contributed by atoms with Crippen LogP contribution in [0.5, 0.6) is 0 Å². The zero-order valence-electron chi connectivity index (χ0n) is 13.5. The second-order valence-corrected chi connectivity index (χ2v) is 6.46. The van der Waals surface area contributed by atoms with Crippen molar-refractivity contribution in [2.45, 2.75) is 38.1 Å². The Morgan fingerprint density at radius 1 is 1.17 bits per heavy atom. The molecule has 1 fully saturated rings. The number of hydrogen-bond donors (Lipinski definition) is 2. The number of rotatable bonds is 6. The van der Waals surface area contributed by atoms with E-state index in [2.05, 4.69) is 20.6 Å². The predicted octanol–water partition coefficient (Wildman–Crippen LogP) is 3.46. The maximum absolute atomic E-state index is 12.2. The predicted molar refractivity (Wildman–Crippen MR) is 95.4 cm³/mol. The number of carbonyl (C=O) groups is 1. The van der Waals surface area contributed by atoms with Crippen LogP contribution in [0.3, 0.4) is 0 Å². The fraction of sp³-hybridized carbons (Fsp3) is 0.389. The van der Waals surface area contributed by atoms with E-state index >= 15 is 0 Å². The number of amides is 1. The summed E-state index contributed by atoms with van der Waals surface area (Å²) in [5.74, 6) is 0.355. The molecule has 1 aromatic heterocycles. The summed E-state index contributed by atoms with van der Waals surface area (Å²) in [7, 11) is 0. The van der Waals surface area contributed by atoms with Crippen molar-refractivity contribution in [3.05, 3.63) is 52.8 Å². The Morgan fingerprint density at radius 3 is 2.67 bits per heavy atom. The molecule has 1 aliphatic rings. The van der Waals surface area contributed by atoms with Gasteiger partial charge in [0.05, 0.1) is 0 Å². The summed E-state index contributed by atoms with van der Waals surface area (Å²) in [5.41, 5.74) is 1.59. The van der Waals surface area contributed by atoms with Gasteiger partial charge in [0.1, 0.15) is 5.69 Å². The van der Waals surface area contributed by atoms with E-state index in [1.807, 2.05) is 24.3 Å².